The maximum atomic E-state index is 15.5. The van der Waals surface area contributed by atoms with Gasteiger partial charge in [-0.2, -0.15) is 0 Å². The van der Waals surface area contributed by atoms with Gasteiger partial charge in [-0.25, -0.2) is 14.0 Å². The second-order valence-electron chi connectivity index (χ2n) is 10.6. The second-order valence-corrected chi connectivity index (χ2v) is 10.6. The molecule has 1 aliphatic carbocycles. The largest absolute Gasteiger partial charge is 0.449 e. The lowest BCUT2D eigenvalue weighted by atomic mass is 9.92. The molecular formula is C28H31FN4O5. The monoisotopic (exact) mass is 522 g/mol. The van der Waals surface area contributed by atoms with Crippen molar-refractivity contribution in [3.63, 3.8) is 0 Å². The first-order valence-electron chi connectivity index (χ1n) is 13.3. The first-order chi connectivity index (χ1) is 18.4. The number of hydrogen-bond acceptors (Lipinski definition) is 7. The number of aromatic nitrogens is 1. The minimum atomic E-state index is -0.875. The molecule has 3 aliphatic heterocycles. The van der Waals surface area contributed by atoms with E-state index < -0.39 is 22.8 Å². The quantitative estimate of drug-likeness (QED) is 0.557. The third-order valence-electron chi connectivity index (χ3n) is 8.30. The SMILES string of the molecule is CCCOC(=O)N1CCN(c2ccc(C3(C(=O)N4CC[C@@]5(C4)OC(=O)c4cnccc45)CC3)c(F)c2)CC1. The van der Waals surface area contributed by atoms with Gasteiger partial charge in [-0.1, -0.05) is 13.0 Å². The number of esters is 1. The number of fused-ring (bicyclic) bond motifs is 2. The van der Waals surface area contributed by atoms with E-state index in [0.717, 1.165) is 17.7 Å². The fourth-order valence-corrected chi connectivity index (χ4v) is 6.04. The summed E-state index contributed by atoms with van der Waals surface area (Å²) in [4.78, 5) is 47.7. The Balaban J connectivity index is 1.14. The molecule has 0 N–H and O–H groups in total. The van der Waals surface area contributed by atoms with Gasteiger partial charge in [0.05, 0.1) is 24.1 Å². The topological polar surface area (TPSA) is 92.3 Å². The maximum absolute atomic E-state index is 15.5. The second kappa shape index (κ2) is 9.25. The molecule has 6 rings (SSSR count). The van der Waals surface area contributed by atoms with E-state index in [0.29, 0.717) is 69.7 Å². The molecule has 10 heteroatoms. The molecule has 200 valence electrons. The van der Waals surface area contributed by atoms with Crippen molar-refractivity contribution in [2.24, 2.45) is 0 Å². The first kappa shape index (κ1) is 24.6. The lowest BCUT2D eigenvalue weighted by molar-refractivity contribution is -0.134. The van der Waals surface area contributed by atoms with Gasteiger partial charge in [0.15, 0.2) is 5.60 Å². The highest BCUT2D eigenvalue weighted by Crippen LogP contribution is 2.53. The van der Waals surface area contributed by atoms with Gasteiger partial charge in [0.25, 0.3) is 0 Å². The normalized spacial score (nSPS) is 23.4. The third-order valence-corrected chi connectivity index (χ3v) is 8.30. The minimum absolute atomic E-state index is 0.112. The predicted molar refractivity (Wildman–Crippen MR) is 135 cm³/mol. The van der Waals surface area contributed by atoms with E-state index in [1.54, 1.807) is 28.1 Å². The Morgan fingerprint density at radius 2 is 1.84 bits per heavy atom. The van der Waals surface area contributed by atoms with Gasteiger partial charge >= 0.3 is 12.1 Å². The molecule has 2 aromatic rings. The number of anilines is 1. The highest BCUT2D eigenvalue weighted by atomic mass is 19.1. The van der Waals surface area contributed by atoms with Gasteiger partial charge in [-0.3, -0.25) is 9.78 Å². The zero-order chi connectivity index (χ0) is 26.5. The molecule has 1 atom stereocenters. The van der Waals surface area contributed by atoms with Gasteiger partial charge in [-0.05, 0) is 37.5 Å². The molecule has 0 unspecified atom stereocenters. The Morgan fingerprint density at radius 1 is 1.05 bits per heavy atom. The number of halogens is 1. The van der Waals surface area contributed by atoms with Crippen LogP contribution in [0.4, 0.5) is 14.9 Å². The molecular weight excluding hydrogens is 491 g/mol. The summed E-state index contributed by atoms with van der Waals surface area (Å²) in [6, 6.07) is 6.89. The van der Waals surface area contributed by atoms with Gasteiger partial charge < -0.3 is 24.2 Å². The summed E-state index contributed by atoms with van der Waals surface area (Å²) in [6.45, 7) is 5.24. The van der Waals surface area contributed by atoms with Crippen LogP contribution in [0.1, 0.15) is 54.1 Å². The number of ether oxygens (including phenoxy) is 2. The lowest BCUT2D eigenvalue weighted by Crippen LogP contribution is -2.49. The summed E-state index contributed by atoms with van der Waals surface area (Å²) >= 11 is 0. The maximum Gasteiger partial charge on any atom is 0.409 e. The molecule has 9 nitrogen and oxygen atoms in total. The van der Waals surface area contributed by atoms with Crippen LogP contribution in [0, 0.1) is 5.82 Å². The van der Waals surface area contributed by atoms with E-state index >= 15 is 4.39 Å². The van der Waals surface area contributed by atoms with E-state index in [2.05, 4.69) is 4.98 Å². The smallest absolute Gasteiger partial charge is 0.409 e. The van der Waals surface area contributed by atoms with Crippen LogP contribution in [0.15, 0.2) is 36.7 Å². The fraction of sp³-hybridized carbons (Fsp3) is 0.500. The standard InChI is InChI=1S/C28H31FN4O5/c1-2-15-37-26(36)32-13-11-31(12-14-32)19-3-4-22(23(29)16-19)27(6-7-27)25(35)33-10-8-28(18-33)21-5-9-30-17-20(21)24(34)38-28/h3-5,9,16-17H,2,6-8,10-15,18H2,1H3/t28-/m0/s1. The number of likely N-dealkylation sites (tertiary alicyclic amines) is 1. The van der Waals surface area contributed by atoms with E-state index in [-0.39, 0.29) is 18.5 Å². The van der Waals surface area contributed by atoms with Crippen LogP contribution in [0.2, 0.25) is 0 Å². The third kappa shape index (κ3) is 3.97. The van der Waals surface area contributed by atoms with Crippen LogP contribution in [-0.2, 0) is 25.3 Å². The molecule has 2 amide bonds. The summed E-state index contributed by atoms with van der Waals surface area (Å²) in [5.41, 5.74) is 0.644. The molecule has 3 fully saturated rings. The molecule has 0 bridgehead atoms. The first-order valence-corrected chi connectivity index (χ1v) is 13.3. The molecule has 1 saturated carbocycles. The number of benzene rings is 1. The van der Waals surface area contributed by atoms with Gasteiger partial charge in [0, 0.05) is 68.4 Å². The van der Waals surface area contributed by atoms with E-state index in [4.69, 9.17) is 9.47 Å². The number of piperazine rings is 1. The van der Waals surface area contributed by atoms with Crippen molar-refractivity contribution >= 4 is 23.7 Å². The Hall–Kier alpha value is -3.69. The van der Waals surface area contributed by atoms with Crippen LogP contribution < -0.4 is 4.90 Å². The molecule has 4 heterocycles. The van der Waals surface area contributed by atoms with Gasteiger partial charge in [-0.15, -0.1) is 0 Å². The van der Waals surface area contributed by atoms with Crippen LogP contribution in [-0.4, -0.2) is 78.6 Å². The van der Waals surface area contributed by atoms with Crippen molar-refractivity contribution in [1.29, 1.82) is 0 Å². The highest BCUT2D eigenvalue weighted by molar-refractivity contribution is 5.95. The van der Waals surface area contributed by atoms with Gasteiger partial charge in [0.2, 0.25) is 5.91 Å². The highest BCUT2D eigenvalue weighted by Gasteiger charge is 2.58. The summed E-state index contributed by atoms with van der Waals surface area (Å²) in [6.07, 6.45) is 5.29. The van der Waals surface area contributed by atoms with E-state index in [9.17, 15) is 14.4 Å². The number of pyridine rings is 1. The number of carbonyl (C=O) groups is 3. The molecule has 1 spiro atoms. The van der Waals surface area contributed by atoms with E-state index in [1.807, 2.05) is 17.9 Å². The summed E-state index contributed by atoms with van der Waals surface area (Å²) in [5.74, 6) is -0.918. The predicted octanol–water partition coefficient (Wildman–Crippen LogP) is 3.22. The molecule has 4 aliphatic rings. The molecule has 38 heavy (non-hydrogen) atoms. The average Bonchev–Trinajstić information content (AvgIpc) is 3.56. The Kier molecular flexibility index (Phi) is 6.00. The summed E-state index contributed by atoms with van der Waals surface area (Å²) < 4.78 is 26.5. The molecule has 0 radical (unpaired) electrons. The lowest BCUT2D eigenvalue weighted by Gasteiger charge is -2.35. The van der Waals surface area contributed by atoms with E-state index in [1.165, 1.54) is 12.3 Å². The van der Waals surface area contributed by atoms with Crippen molar-refractivity contribution < 1.29 is 28.2 Å². The summed E-state index contributed by atoms with van der Waals surface area (Å²) in [7, 11) is 0. The molecule has 2 saturated heterocycles. The van der Waals surface area contributed by atoms with Crippen molar-refractivity contribution in [2.45, 2.75) is 43.6 Å². The van der Waals surface area contributed by atoms with Crippen LogP contribution in [0.3, 0.4) is 0 Å². The van der Waals surface area contributed by atoms with Crippen molar-refractivity contribution in [3.8, 4) is 0 Å². The van der Waals surface area contributed by atoms with Gasteiger partial charge in [0.1, 0.15) is 5.82 Å². The van der Waals surface area contributed by atoms with Crippen molar-refractivity contribution in [3.05, 3.63) is 59.2 Å². The number of rotatable bonds is 5. The zero-order valence-corrected chi connectivity index (χ0v) is 21.5. The van der Waals surface area contributed by atoms with Crippen LogP contribution >= 0.6 is 0 Å². The van der Waals surface area contributed by atoms with Crippen LogP contribution in [0.25, 0.3) is 0 Å². The summed E-state index contributed by atoms with van der Waals surface area (Å²) in [5, 5.41) is 0. The average molecular weight is 523 g/mol. The van der Waals surface area contributed by atoms with Crippen molar-refractivity contribution in [2.75, 3.05) is 50.8 Å². The molecule has 1 aromatic carbocycles. The van der Waals surface area contributed by atoms with Crippen LogP contribution in [0.5, 0.6) is 0 Å². The number of carbonyl (C=O) groups excluding carboxylic acids is 3. The van der Waals surface area contributed by atoms with Crippen molar-refractivity contribution in [1.82, 2.24) is 14.8 Å². The number of amides is 2. The Bertz CT molecular complexity index is 1290. The fourth-order valence-electron chi connectivity index (χ4n) is 6.04. The number of nitrogens with zero attached hydrogens (tertiary/aromatic N) is 4. The Labute approximate surface area is 220 Å². The molecule has 1 aromatic heterocycles. The number of hydrogen-bond donors (Lipinski definition) is 0. The minimum Gasteiger partial charge on any atom is -0.449 e. The zero-order valence-electron chi connectivity index (χ0n) is 21.5. The Morgan fingerprint density at radius 3 is 2.55 bits per heavy atom.